The summed E-state index contributed by atoms with van der Waals surface area (Å²) in [5.74, 6) is -1.86. The molecule has 2 aromatic carbocycles. The van der Waals surface area contributed by atoms with Crippen molar-refractivity contribution >= 4 is 34.9 Å². The predicted octanol–water partition coefficient (Wildman–Crippen LogP) is 3.70. The van der Waals surface area contributed by atoms with Crippen LogP contribution in [-0.4, -0.2) is 36.5 Å². The van der Waals surface area contributed by atoms with E-state index in [1.54, 1.807) is 23.6 Å². The van der Waals surface area contributed by atoms with Crippen LogP contribution in [0.1, 0.15) is 26.4 Å². The summed E-state index contributed by atoms with van der Waals surface area (Å²) in [5.41, 5.74) is 2.64. The monoisotopic (exact) mass is 410 g/mol. The van der Waals surface area contributed by atoms with Gasteiger partial charge in [-0.2, -0.15) is 0 Å². The van der Waals surface area contributed by atoms with Crippen LogP contribution in [-0.2, 0) is 14.3 Å². The Morgan fingerprint density at radius 1 is 1.03 bits per heavy atom. The molecule has 8 heteroatoms. The molecule has 1 heterocycles. The number of amides is 1. The van der Waals surface area contributed by atoms with Gasteiger partial charge in [0.25, 0.3) is 5.91 Å². The Bertz CT molecular complexity index is 1040. The highest BCUT2D eigenvalue weighted by atomic mass is 32.1. The number of carbonyl (C=O) groups excluding carboxylic acids is 3. The number of thiazole rings is 1. The van der Waals surface area contributed by atoms with Crippen molar-refractivity contribution < 1.29 is 23.9 Å². The van der Waals surface area contributed by atoms with Crippen molar-refractivity contribution in [3.63, 3.8) is 0 Å². The number of rotatable bonds is 6. The van der Waals surface area contributed by atoms with Crippen molar-refractivity contribution in [3.8, 4) is 10.6 Å². The molecule has 0 aliphatic rings. The smallest absolute Gasteiger partial charge is 0.358 e. The van der Waals surface area contributed by atoms with Crippen LogP contribution in [0.2, 0.25) is 0 Å². The molecule has 0 atom stereocenters. The van der Waals surface area contributed by atoms with Gasteiger partial charge in [-0.15, -0.1) is 11.3 Å². The second-order valence-electron chi connectivity index (χ2n) is 6.07. The van der Waals surface area contributed by atoms with Crippen LogP contribution in [0.15, 0.2) is 53.9 Å². The minimum Gasteiger partial charge on any atom is -0.465 e. The number of methoxy groups -OCH3 is 1. The quantitative estimate of drug-likeness (QED) is 0.623. The Hall–Kier alpha value is -3.52. The van der Waals surface area contributed by atoms with Crippen molar-refractivity contribution in [2.45, 2.75) is 6.92 Å². The lowest BCUT2D eigenvalue weighted by Gasteiger charge is -2.09. The maximum atomic E-state index is 12.2. The SMILES string of the molecule is COC(=O)c1ccccc1NC(=O)COC(=O)c1csc(-c2ccc(C)cc2)n1. The number of benzene rings is 2. The minimum absolute atomic E-state index is 0.133. The molecule has 29 heavy (non-hydrogen) atoms. The fraction of sp³-hybridized carbons (Fsp3) is 0.143. The molecule has 0 saturated carbocycles. The third-order valence-electron chi connectivity index (χ3n) is 3.95. The zero-order valence-corrected chi connectivity index (χ0v) is 16.6. The molecule has 0 aliphatic carbocycles. The Morgan fingerprint density at radius 3 is 2.48 bits per heavy atom. The van der Waals surface area contributed by atoms with Crippen LogP contribution in [0, 0.1) is 6.92 Å². The molecule has 0 aliphatic heterocycles. The number of aryl methyl sites for hydroxylation is 1. The summed E-state index contributed by atoms with van der Waals surface area (Å²) in [6, 6.07) is 14.2. The van der Waals surface area contributed by atoms with Gasteiger partial charge in [0.15, 0.2) is 12.3 Å². The number of para-hydroxylation sites is 1. The van der Waals surface area contributed by atoms with Crippen molar-refractivity contribution in [1.82, 2.24) is 4.98 Å². The maximum Gasteiger partial charge on any atom is 0.358 e. The van der Waals surface area contributed by atoms with E-state index in [-0.39, 0.29) is 16.9 Å². The van der Waals surface area contributed by atoms with E-state index in [9.17, 15) is 14.4 Å². The maximum absolute atomic E-state index is 12.2. The average Bonchev–Trinajstić information content (AvgIpc) is 3.23. The molecule has 0 spiro atoms. The van der Waals surface area contributed by atoms with E-state index < -0.39 is 24.5 Å². The Labute approximate surface area is 171 Å². The molecule has 0 fully saturated rings. The van der Waals surface area contributed by atoms with Gasteiger partial charge in [-0.1, -0.05) is 42.0 Å². The highest BCUT2D eigenvalue weighted by molar-refractivity contribution is 7.13. The Balaban J connectivity index is 1.59. The molecular formula is C21H18N2O5S. The highest BCUT2D eigenvalue weighted by Gasteiger charge is 2.17. The number of aromatic nitrogens is 1. The van der Waals surface area contributed by atoms with E-state index in [1.807, 2.05) is 31.2 Å². The topological polar surface area (TPSA) is 94.6 Å². The molecule has 3 aromatic rings. The molecule has 148 valence electrons. The van der Waals surface area contributed by atoms with Crippen molar-refractivity contribution in [2.75, 3.05) is 19.0 Å². The summed E-state index contributed by atoms with van der Waals surface area (Å²) < 4.78 is 9.71. The van der Waals surface area contributed by atoms with Crippen LogP contribution >= 0.6 is 11.3 Å². The number of hydrogen-bond acceptors (Lipinski definition) is 7. The molecule has 1 N–H and O–H groups in total. The number of carbonyl (C=O) groups is 3. The van der Waals surface area contributed by atoms with Gasteiger partial charge >= 0.3 is 11.9 Å². The first-order valence-electron chi connectivity index (χ1n) is 8.65. The zero-order valence-electron chi connectivity index (χ0n) is 15.8. The van der Waals surface area contributed by atoms with Crippen molar-refractivity contribution in [3.05, 3.63) is 70.7 Å². The number of esters is 2. The summed E-state index contributed by atoms with van der Waals surface area (Å²) in [6.45, 7) is 1.48. The molecule has 0 unspecified atom stereocenters. The largest absolute Gasteiger partial charge is 0.465 e. The molecule has 0 bridgehead atoms. The molecule has 0 saturated heterocycles. The lowest BCUT2D eigenvalue weighted by Crippen LogP contribution is -2.22. The van der Waals surface area contributed by atoms with E-state index in [0.29, 0.717) is 5.01 Å². The fourth-order valence-corrected chi connectivity index (χ4v) is 3.26. The predicted molar refractivity (Wildman–Crippen MR) is 109 cm³/mol. The normalized spacial score (nSPS) is 10.3. The minimum atomic E-state index is -0.698. The molecule has 1 amide bonds. The lowest BCUT2D eigenvalue weighted by atomic mass is 10.2. The van der Waals surface area contributed by atoms with Gasteiger partial charge in [0, 0.05) is 10.9 Å². The van der Waals surface area contributed by atoms with Crippen molar-refractivity contribution in [2.24, 2.45) is 0 Å². The Kier molecular flexibility index (Phi) is 6.36. The molecule has 3 rings (SSSR count). The van der Waals surface area contributed by atoms with E-state index >= 15 is 0 Å². The number of nitrogens with one attached hydrogen (secondary N) is 1. The van der Waals surface area contributed by atoms with E-state index in [2.05, 4.69) is 15.0 Å². The van der Waals surface area contributed by atoms with Crippen LogP contribution in [0.4, 0.5) is 5.69 Å². The molecule has 1 aromatic heterocycles. The van der Waals surface area contributed by atoms with Gasteiger partial charge in [-0.25, -0.2) is 14.6 Å². The fourth-order valence-electron chi connectivity index (χ4n) is 2.47. The first kappa shape index (κ1) is 20.2. The van der Waals surface area contributed by atoms with Gasteiger partial charge in [-0.3, -0.25) is 4.79 Å². The summed E-state index contributed by atoms with van der Waals surface area (Å²) in [7, 11) is 1.25. The van der Waals surface area contributed by atoms with E-state index in [0.717, 1.165) is 11.1 Å². The van der Waals surface area contributed by atoms with E-state index in [1.165, 1.54) is 24.5 Å². The second kappa shape index (κ2) is 9.11. The number of hydrogen-bond donors (Lipinski definition) is 1. The van der Waals surface area contributed by atoms with Crippen LogP contribution in [0.5, 0.6) is 0 Å². The van der Waals surface area contributed by atoms with Crippen molar-refractivity contribution in [1.29, 1.82) is 0 Å². The third-order valence-corrected chi connectivity index (χ3v) is 4.84. The van der Waals surface area contributed by atoms with Gasteiger partial charge in [0.1, 0.15) is 5.01 Å². The van der Waals surface area contributed by atoms with Crippen LogP contribution in [0.25, 0.3) is 10.6 Å². The summed E-state index contributed by atoms with van der Waals surface area (Å²) in [4.78, 5) is 40.3. The molecule has 0 radical (unpaired) electrons. The lowest BCUT2D eigenvalue weighted by molar-refractivity contribution is -0.119. The van der Waals surface area contributed by atoms with Crippen LogP contribution in [0.3, 0.4) is 0 Å². The summed E-state index contributed by atoms with van der Waals surface area (Å²) in [5, 5.41) is 4.81. The number of nitrogens with zero attached hydrogens (tertiary/aromatic N) is 1. The third kappa shape index (κ3) is 5.05. The van der Waals surface area contributed by atoms with Gasteiger partial charge in [0.2, 0.25) is 0 Å². The first-order valence-corrected chi connectivity index (χ1v) is 9.53. The standard InChI is InChI=1S/C21H18N2O5S/c1-13-7-9-14(10-8-13)19-23-17(12-29-19)21(26)28-11-18(24)22-16-6-4-3-5-15(16)20(25)27-2/h3-10,12H,11H2,1-2H3,(H,22,24). The van der Waals surface area contributed by atoms with Gasteiger partial charge in [-0.05, 0) is 19.1 Å². The summed E-state index contributed by atoms with van der Waals surface area (Å²) >= 11 is 1.32. The first-order chi connectivity index (χ1) is 14.0. The molecular weight excluding hydrogens is 392 g/mol. The molecule has 7 nitrogen and oxygen atoms in total. The van der Waals surface area contributed by atoms with E-state index in [4.69, 9.17) is 4.74 Å². The zero-order chi connectivity index (χ0) is 20.8. The average molecular weight is 410 g/mol. The number of ether oxygens (including phenoxy) is 2. The Morgan fingerprint density at radius 2 is 1.76 bits per heavy atom. The second-order valence-corrected chi connectivity index (χ2v) is 6.92. The van der Waals surface area contributed by atoms with Gasteiger partial charge in [0.05, 0.1) is 18.4 Å². The highest BCUT2D eigenvalue weighted by Crippen LogP contribution is 2.24. The van der Waals surface area contributed by atoms with Crippen LogP contribution < -0.4 is 5.32 Å². The van der Waals surface area contributed by atoms with Gasteiger partial charge < -0.3 is 14.8 Å². The summed E-state index contributed by atoms with van der Waals surface area (Å²) in [6.07, 6.45) is 0. The number of anilines is 1.